The summed E-state index contributed by atoms with van der Waals surface area (Å²) in [6.45, 7) is 4.16. The van der Waals surface area contributed by atoms with Gasteiger partial charge < -0.3 is 14.8 Å². The van der Waals surface area contributed by atoms with Crippen LogP contribution in [-0.2, 0) is 15.0 Å². The van der Waals surface area contributed by atoms with Crippen LogP contribution in [0.4, 0.5) is 28.4 Å². The van der Waals surface area contributed by atoms with Crippen LogP contribution in [0, 0.1) is 12.7 Å². The maximum atomic E-state index is 15.3. The molecule has 2 heterocycles. The van der Waals surface area contributed by atoms with Crippen molar-refractivity contribution in [1.29, 1.82) is 0 Å². The number of nitrogens with one attached hydrogen (secondary N) is 2. The van der Waals surface area contributed by atoms with E-state index in [1.54, 1.807) is 33.8 Å². The Bertz CT molecular complexity index is 1440. The van der Waals surface area contributed by atoms with Crippen molar-refractivity contribution < 1.29 is 37.0 Å². The van der Waals surface area contributed by atoms with E-state index in [4.69, 9.17) is 44.3 Å². The molecule has 1 unspecified atom stereocenters. The van der Waals surface area contributed by atoms with Gasteiger partial charge in [0.05, 0.1) is 13.1 Å². The molecule has 2 N–H and O–H groups in total. The van der Waals surface area contributed by atoms with Crippen molar-refractivity contribution in [3.63, 3.8) is 0 Å². The molecule has 0 spiro atoms. The number of aromatic nitrogens is 1. The number of rotatable bonds is 5. The van der Waals surface area contributed by atoms with Crippen molar-refractivity contribution in [3.05, 3.63) is 57.6 Å². The topological polar surface area (TPSA) is 122 Å². The number of halogens is 7. The number of anilines is 1. The van der Waals surface area contributed by atoms with Crippen molar-refractivity contribution in [3.8, 4) is 0 Å². The first-order valence-electron chi connectivity index (χ1n) is 12.4. The van der Waals surface area contributed by atoms with Crippen LogP contribution >= 0.6 is 50.7 Å². The third-order valence-electron chi connectivity index (χ3n) is 5.68. The van der Waals surface area contributed by atoms with Crippen molar-refractivity contribution in [2.75, 3.05) is 25.0 Å². The smallest absolute Gasteiger partial charge is 0.413 e. The number of alkyl carbamates (subject to hydrolysis) is 1. The zero-order chi connectivity index (χ0) is 32.3. The molecule has 1 aromatic heterocycles. The third kappa shape index (κ3) is 9.34. The number of hydrogen-bond acceptors (Lipinski definition) is 7. The summed E-state index contributed by atoms with van der Waals surface area (Å²) in [7, 11) is 0. The van der Waals surface area contributed by atoms with Gasteiger partial charge in [0.1, 0.15) is 29.6 Å². The zero-order valence-corrected chi connectivity index (χ0v) is 27.0. The average molecular weight is 732 g/mol. The first-order valence-corrected chi connectivity index (χ1v) is 14.3. The molecule has 0 saturated carbocycles. The van der Waals surface area contributed by atoms with E-state index in [0.717, 1.165) is 23.1 Å². The molecule has 0 bridgehead atoms. The Morgan fingerprint density at radius 1 is 1.16 bits per heavy atom. The molecule has 2 aromatic rings. The average Bonchev–Trinajstić information content (AvgIpc) is 2.86. The van der Waals surface area contributed by atoms with Gasteiger partial charge >= 0.3 is 12.2 Å². The van der Waals surface area contributed by atoms with E-state index in [2.05, 4.69) is 36.5 Å². The van der Waals surface area contributed by atoms with E-state index >= 15 is 13.2 Å². The van der Waals surface area contributed by atoms with Gasteiger partial charge in [0.2, 0.25) is 3.79 Å². The lowest BCUT2D eigenvalue weighted by Crippen LogP contribution is -2.57. The Hall–Kier alpha value is -2.81. The summed E-state index contributed by atoms with van der Waals surface area (Å²) < 4.78 is 54.1. The molecule has 3 amide bonds. The number of nitrogens with zero attached hydrogens (tertiary/aromatic N) is 3. The number of benzene rings is 1. The van der Waals surface area contributed by atoms with Gasteiger partial charge in [0.15, 0.2) is 5.54 Å². The number of pyridine rings is 1. The number of amides is 3. The number of hydrogen-bond donors (Lipinski definition) is 2. The summed E-state index contributed by atoms with van der Waals surface area (Å²) in [5, 5.41) is 4.74. The van der Waals surface area contributed by atoms with Gasteiger partial charge in [-0.2, -0.15) is 0 Å². The minimum atomic E-state index is -3.44. The Morgan fingerprint density at radius 2 is 1.84 bits per heavy atom. The molecule has 17 heteroatoms. The Balaban J connectivity index is 2.06. The molecule has 3 rings (SSSR count). The zero-order valence-electron chi connectivity index (χ0n) is 23.1. The molecular formula is C26H26BrCl3F3N5O5. The number of ether oxygens (including phenoxy) is 2. The van der Waals surface area contributed by atoms with E-state index in [1.807, 2.05) is 0 Å². The number of carbonyl (C=O) groups is 3. The fourth-order valence-corrected chi connectivity index (χ4v) is 4.59. The second-order valence-corrected chi connectivity index (χ2v) is 13.8. The van der Waals surface area contributed by atoms with E-state index in [1.165, 1.54) is 6.20 Å². The Kier molecular flexibility index (Phi) is 10.8. The molecule has 0 aliphatic carbocycles. The van der Waals surface area contributed by atoms with Gasteiger partial charge in [0.25, 0.3) is 12.3 Å². The third-order valence-corrected chi connectivity index (χ3v) is 6.44. The number of alkyl halides is 5. The van der Waals surface area contributed by atoms with E-state index in [-0.39, 0.29) is 11.4 Å². The summed E-state index contributed by atoms with van der Waals surface area (Å²) in [5.74, 6) is -2.28. The summed E-state index contributed by atoms with van der Waals surface area (Å²) in [5.41, 5.74) is -3.96. The quantitative estimate of drug-likeness (QED) is 0.329. The molecule has 234 valence electrons. The monoisotopic (exact) mass is 729 g/mol. The second-order valence-electron chi connectivity index (χ2n) is 10.4. The van der Waals surface area contributed by atoms with Gasteiger partial charge in [-0.1, -0.05) is 34.8 Å². The maximum Gasteiger partial charge on any atom is 0.413 e. The first-order chi connectivity index (χ1) is 19.8. The second kappa shape index (κ2) is 13.4. The molecule has 1 atom stereocenters. The molecule has 1 aromatic carbocycles. The standard InChI is InChI=1S/C26H26BrCl3F3N5O5/c1-13-7-14(27)9-34-19(13)20(39)35-15-5-6-17(31)16(8-15)25(21(32)33)11-38(23(41)42-12-26(28,29)30)10-18(37-25)36-22(40)43-24(2,3)4/h5-9,21H,10-12H2,1-4H3,(H,35,39)(H,36,37,40). The molecule has 0 radical (unpaired) electrons. The fourth-order valence-electron chi connectivity index (χ4n) is 3.98. The molecule has 43 heavy (non-hydrogen) atoms. The molecule has 1 aliphatic heterocycles. The highest BCUT2D eigenvalue weighted by Gasteiger charge is 2.50. The molecule has 0 fully saturated rings. The van der Waals surface area contributed by atoms with Crippen LogP contribution in [0.15, 0.2) is 39.9 Å². The fraction of sp³-hybridized carbons (Fsp3) is 0.423. The molecule has 1 aliphatic rings. The minimum absolute atomic E-state index is 0.0417. The Morgan fingerprint density at radius 3 is 2.42 bits per heavy atom. The van der Waals surface area contributed by atoms with Crippen LogP contribution in [0.1, 0.15) is 42.4 Å². The highest BCUT2D eigenvalue weighted by Crippen LogP contribution is 2.39. The molecule has 0 saturated heterocycles. The van der Waals surface area contributed by atoms with Crippen LogP contribution in [0.5, 0.6) is 0 Å². The van der Waals surface area contributed by atoms with Gasteiger partial charge in [-0.3, -0.25) is 20.0 Å². The maximum absolute atomic E-state index is 15.3. The van der Waals surface area contributed by atoms with Crippen LogP contribution in [-0.4, -0.2) is 69.3 Å². The van der Waals surface area contributed by atoms with Gasteiger partial charge in [0, 0.05) is 21.9 Å². The van der Waals surface area contributed by atoms with Gasteiger partial charge in [-0.25, -0.2) is 27.7 Å². The van der Waals surface area contributed by atoms with E-state index < -0.39 is 76.4 Å². The number of carbonyl (C=O) groups excluding carboxylic acids is 3. The summed E-state index contributed by atoms with van der Waals surface area (Å²) in [6.07, 6.45) is -4.32. The van der Waals surface area contributed by atoms with Crippen LogP contribution < -0.4 is 10.6 Å². The SMILES string of the molecule is Cc1cc(Br)cnc1C(=O)Nc1ccc(F)c(C2(C(F)F)CN(C(=O)OCC(Cl)(Cl)Cl)CC(NC(=O)OC(C)(C)C)=N2)c1. The van der Waals surface area contributed by atoms with Crippen LogP contribution in [0.2, 0.25) is 0 Å². The van der Waals surface area contributed by atoms with Crippen LogP contribution in [0.25, 0.3) is 0 Å². The number of aliphatic imine (C=N–C) groups is 1. The predicted octanol–water partition coefficient (Wildman–Crippen LogP) is 6.75. The largest absolute Gasteiger partial charge is 0.445 e. The van der Waals surface area contributed by atoms with Crippen molar-refractivity contribution in [2.24, 2.45) is 4.99 Å². The highest BCUT2D eigenvalue weighted by atomic mass is 79.9. The van der Waals surface area contributed by atoms with Crippen molar-refractivity contribution in [1.82, 2.24) is 15.2 Å². The van der Waals surface area contributed by atoms with Crippen molar-refractivity contribution in [2.45, 2.75) is 49.1 Å². The summed E-state index contributed by atoms with van der Waals surface area (Å²) >= 11 is 20.2. The van der Waals surface area contributed by atoms with Crippen LogP contribution in [0.3, 0.4) is 0 Å². The van der Waals surface area contributed by atoms with Gasteiger partial charge in [-0.15, -0.1) is 0 Å². The predicted molar refractivity (Wildman–Crippen MR) is 159 cm³/mol. The lowest BCUT2D eigenvalue weighted by Gasteiger charge is -2.39. The van der Waals surface area contributed by atoms with E-state index in [0.29, 0.717) is 10.0 Å². The lowest BCUT2D eigenvalue weighted by atomic mass is 9.88. The Labute approximate surface area is 268 Å². The summed E-state index contributed by atoms with van der Waals surface area (Å²) in [6, 6.07) is 4.62. The highest BCUT2D eigenvalue weighted by molar-refractivity contribution is 9.10. The minimum Gasteiger partial charge on any atom is -0.445 e. The van der Waals surface area contributed by atoms with Crippen molar-refractivity contribution >= 4 is 80.3 Å². The molecular weight excluding hydrogens is 706 g/mol. The van der Waals surface area contributed by atoms with E-state index in [9.17, 15) is 14.4 Å². The first kappa shape index (κ1) is 34.7. The van der Waals surface area contributed by atoms with Gasteiger partial charge in [-0.05, 0) is 73.5 Å². The number of aryl methyl sites for hydroxylation is 1. The summed E-state index contributed by atoms with van der Waals surface area (Å²) in [4.78, 5) is 47.1. The lowest BCUT2D eigenvalue weighted by molar-refractivity contribution is 0.0193. The normalized spacial score (nSPS) is 17.3. The molecule has 10 nitrogen and oxygen atoms in total. The number of amidine groups is 1.